The van der Waals surface area contributed by atoms with E-state index in [9.17, 15) is 29.9 Å². The fraction of sp³-hybridized carbons (Fsp3) is 0.120. The van der Waals surface area contributed by atoms with Crippen molar-refractivity contribution in [3.05, 3.63) is 93.5 Å². The molecule has 4 rings (SSSR count). The third-order valence-corrected chi connectivity index (χ3v) is 5.67. The second-order valence-corrected chi connectivity index (χ2v) is 7.60. The van der Waals surface area contributed by atoms with Gasteiger partial charge < -0.3 is 19.7 Å². The number of carbonyl (C=O) groups excluding carboxylic acids is 2. The number of Topliss-reactive ketones (excluding diaryl/α,β-unsaturated/α-hetero) is 1. The van der Waals surface area contributed by atoms with Gasteiger partial charge in [0.25, 0.3) is 17.4 Å². The molecule has 2 N–H and O–H groups in total. The Balaban J connectivity index is 1.92. The Morgan fingerprint density at radius 1 is 0.971 bits per heavy atom. The molecule has 3 aromatic rings. The number of aliphatic hydroxyl groups is 1. The van der Waals surface area contributed by atoms with Crippen LogP contribution in [0, 0.1) is 10.1 Å². The number of ether oxygens (including phenoxy) is 2. The molecule has 0 unspecified atom stereocenters. The largest absolute Gasteiger partial charge is 0.507 e. The van der Waals surface area contributed by atoms with Crippen molar-refractivity contribution >= 4 is 28.8 Å². The molecule has 0 aromatic heterocycles. The Bertz CT molecular complexity index is 1350. The molecule has 1 fully saturated rings. The van der Waals surface area contributed by atoms with Crippen LogP contribution in [0.5, 0.6) is 17.2 Å². The maximum absolute atomic E-state index is 13.2. The summed E-state index contributed by atoms with van der Waals surface area (Å²) in [4.78, 5) is 38.0. The second-order valence-electron chi connectivity index (χ2n) is 7.60. The number of methoxy groups -OCH3 is 2. The number of aliphatic hydroxyl groups excluding tert-OH is 1. The predicted octanol–water partition coefficient (Wildman–Crippen LogP) is 3.94. The van der Waals surface area contributed by atoms with E-state index in [0.717, 1.165) is 0 Å². The van der Waals surface area contributed by atoms with Crippen LogP contribution >= 0.6 is 0 Å². The zero-order valence-electron chi connectivity index (χ0n) is 18.7. The molecular weight excluding hydrogens is 456 g/mol. The minimum absolute atomic E-state index is 0.109. The number of carbonyl (C=O) groups is 2. The van der Waals surface area contributed by atoms with Crippen LogP contribution in [0.25, 0.3) is 5.76 Å². The molecule has 1 atom stereocenters. The molecule has 1 saturated heterocycles. The Kier molecular flexibility index (Phi) is 6.11. The summed E-state index contributed by atoms with van der Waals surface area (Å²) < 4.78 is 10.4. The van der Waals surface area contributed by atoms with Crippen LogP contribution < -0.4 is 14.4 Å². The number of amides is 1. The molecule has 35 heavy (non-hydrogen) atoms. The average molecular weight is 476 g/mol. The molecule has 1 amide bonds. The lowest BCUT2D eigenvalue weighted by Crippen LogP contribution is -2.29. The van der Waals surface area contributed by atoms with Gasteiger partial charge in [0.15, 0.2) is 11.5 Å². The van der Waals surface area contributed by atoms with Crippen molar-refractivity contribution < 1.29 is 34.2 Å². The zero-order valence-corrected chi connectivity index (χ0v) is 18.7. The lowest BCUT2D eigenvalue weighted by atomic mass is 9.94. The normalized spacial score (nSPS) is 16.9. The molecule has 0 saturated carbocycles. The molecule has 10 nitrogen and oxygen atoms in total. The number of non-ortho nitro benzene ring substituents is 1. The molecule has 0 radical (unpaired) electrons. The van der Waals surface area contributed by atoms with E-state index < -0.39 is 28.4 Å². The van der Waals surface area contributed by atoms with Gasteiger partial charge in [0.2, 0.25) is 0 Å². The van der Waals surface area contributed by atoms with Gasteiger partial charge in [0.1, 0.15) is 11.5 Å². The van der Waals surface area contributed by atoms with Crippen LogP contribution in [0.2, 0.25) is 0 Å². The maximum Gasteiger partial charge on any atom is 0.300 e. The number of nitro benzene ring substituents is 1. The van der Waals surface area contributed by atoms with E-state index in [1.54, 1.807) is 24.3 Å². The Hall–Kier alpha value is -4.86. The van der Waals surface area contributed by atoms with Crippen molar-refractivity contribution in [2.75, 3.05) is 19.1 Å². The molecule has 1 aliphatic heterocycles. The topological polar surface area (TPSA) is 139 Å². The third-order valence-electron chi connectivity index (χ3n) is 5.67. The first-order valence-corrected chi connectivity index (χ1v) is 10.3. The Morgan fingerprint density at radius 3 is 2.20 bits per heavy atom. The summed E-state index contributed by atoms with van der Waals surface area (Å²) in [6.07, 6.45) is 0. The first kappa shape index (κ1) is 23.3. The van der Waals surface area contributed by atoms with Gasteiger partial charge in [-0.2, -0.15) is 0 Å². The van der Waals surface area contributed by atoms with Crippen LogP contribution in [-0.4, -0.2) is 41.0 Å². The van der Waals surface area contributed by atoms with E-state index in [2.05, 4.69) is 0 Å². The second kappa shape index (κ2) is 9.18. The Labute approximate surface area is 199 Å². The number of benzene rings is 3. The fourth-order valence-electron chi connectivity index (χ4n) is 3.92. The van der Waals surface area contributed by atoms with Crippen molar-refractivity contribution in [3.8, 4) is 17.2 Å². The number of hydrogen-bond acceptors (Lipinski definition) is 8. The van der Waals surface area contributed by atoms with Gasteiger partial charge in [-0.1, -0.05) is 6.07 Å². The molecule has 3 aromatic carbocycles. The van der Waals surface area contributed by atoms with Gasteiger partial charge in [-0.05, 0) is 54.1 Å². The summed E-state index contributed by atoms with van der Waals surface area (Å²) in [5, 5.41) is 32.1. The summed E-state index contributed by atoms with van der Waals surface area (Å²) in [6.45, 7) is 0. The monoisotopic (exact) mass is 476 g/mol. The highest BCUT2D eigenvalue weighted by Crippen LogP contribution is 2.44. The number of nitro groups is 1. The van der Waals surface area contributed by atoms with E-state index >= 15 is 0 Å². The average Bonchev–Trinajstić information content (AvgIpc) is 3.14. The molecule has 1 aliphatic rings. The number of rotatable bonds is 6. The summed E-state index contributed by atoms with van der Waals surface area (Å²) in [7, 11) is 2.85. The van der Waals surface area contributed by atoms with Crippen molar-refractivity contribution in [3.63, 3.8) is 0 Å². The standard InChI is InChI=1S/C25H20N2O8/c1-34-18-10-8-16(9-11-18)26-22(15-5-12-19(28)20(13-15)35-2)21(24(30)25(26)31)23(29)14-3-6-17(7-4-14)27(32)33/h3-13,22,28-29H,1-2H3/b23-21+/t22-/m0/s1. The highest BCUT2D eigenvalue weighted by Gasteiger charge is 2.47. The highest BCUT2D eigenvalue weighted by atomic mass is 16.6. The first-order valence-electron chi connectivity index (χ1n) is 10.3. The van der Waals surface area contributed by atoms with Crippen molar-refractivity contribution in [1.82, 2.24) is 0 Å². The van der Waals surface area contributed by atoms with Crippen LogP contribution in [0.15, 0.2) is 72.3 Å². The molecule has 0 spiro atoms. The van der Waals surface area contributed by atoms with Gasteiger partial charge in [-0.25, -0.2) is 0 Å². The molecule has 0 bridgehead atoms. The molecule has 0 aliphatic carbocycles. The molecule has 178 valence electrons. The fourth-order valence-corrected chi connectivity index (χ4v) is 3.92. The van der Waals surface area contributed by atoms with Crippen LogP contribution in [-0.2, 0) is 9.59 Å². The van der Waals surface area contributed by atoms with Crippen molar-refractivity contribution in [2.24, 2.45) is 0 Å². The smallest absolute Gasteiger partial charge is 0.300 e. The van der Waals surface area contributed by atoms with Crippen LogP contribution in [0.1, 0.15) is 17.2 Å². The van der Waals surface area contributed by atoms with E-state index in [1.807, 2.05) is 0 Å². The van der Waals surface area contributed by atoms with Gasteiger partial charge >= 0.3 is 0 Å². The quantitative estimate of drug-likeness (QED) is 0.179. The molecular formula is C25H20N2O8. The van der Waals surface area contributed by atoms with Gasteiger partial charge in [0.05, 0.1) is 30.8 Å². The summed E-state index contributed by atoms with van der Waals surface area (Å²) in [6, 6.07) is 14.7. The number of nitrogens with zero attached hydrogens (tertiary/aromatic N) is 2. The lowest BCUT2D eigenvalue weighted by Gasteiger charge is -2.26. The van der Waals surface area contributed by atoms with Gasteiger partial charge in [-0.3, -0.25) is 24.6 Å². The summed E-state index contributed by atoms with van der Waals surface area (Å²) >= 11 is 0. The highest BCUT2D eigenvalue weighted by molar-refractivity contribution is 6.51. The van der Waals surface area contributed by atoms with Gasteiger partial charge in [0, 0.05) is 23.4 Å². The van der Waals surface area contributed by atoms with E-state index in [1.165, 1.54) is 61.6 Å². The lowest BCUT2D eigenvalue weighted by molar-refractivity contribution is -0.384. The molecule has 10 heteroatoms. The van der Waals surface area contributed by atoms with Crippen LogP contribution in [0.3, 0.4) is 0 Å². The van der Waals surface area contributed by atoms with Crippen LogP contribution in [0.4, 0.5) is 11.4 Å². The number of aromatic hydroxyl groups is 1. The van der Waals surface area contributed by atoms with E-state index in [4.69, 9.17) is 9.47 Å². The summed E-state index contributed by atoms with van der Waals surface area (Å²) in [5.41, 5.74) is 0.470. The number of ketones is 1. The van der Waals surface area contributed by atoms with Gasteiger partial charge in [-0.15, -0.1) is 0 Å². The first-order chi connectivity index (χ1) is 16.8. The van der Waals surface area contributed by atoms with Crippen molar-refractivity contribution in [2.45, 2.75) is 6.04 Å². The minimum Gasteiger partial charge on any atom is -0.507 e. The number of anilines is 1. The minimum atomic E-state index is -1.08. The summed E-state index contributed by atoms with van der Waals surface area (Å²) in [5.74, 6) is -1.80. The number of phenolic OH excluding ortho intramolecular Hbond substituents is 1. The predicted molar refractivity (Wildman–Crippen MR) is 126 cm³/mol. The zero-order chi connectivity index (χ0) is 25.3. The third kappa shape index (κ3) is 4.12. The SMILES string of the molecule is COc1ccc(N2C(=O)C(=O)/C(=C(/O)c3ccc([N+](=O)[O-])cc3)[C@@H]2c2ccc(O)c(OC)c2)cc1. The van der Waals surface area contributed by atoms with Crippen molar-refractivity contribution in [1.29, 1.82) is 0 Å². The molecule has 1 heterocycles. The number of hydrogen-bond donors (Lipinski definition) is 2. The van der Waals surface area contributed by atoms with E-state index in [0.29, 0.717) is 17.0 Å². The number of phenols is 1. The Morgan fingerprint density at radius 2 is 1.63 bits per heavy atom. The maximum atomic E-state index is 13.2. The van der Waals surface area contributed by atoms with E-state index in [-0.39, 0.29) is 28.3 Å².